The molecule has 1 amide bonds. The maximum atomic E-state index is 14.3. The number of hydrogen-bond donors (Lipinski definition) is 1. The molecular weight excluding hydrogens is 351 g/mol. The monoisotopic (exact) mass is 370 g/mol. The van der Waals surface area contributed by atoms with Gasteiger partial charge in [-0.2, -0.15) is 0 Å². The zero-order valence-electron chi connectivity index (χ0n) is 15.2. The molecule has 3 aromatic carbocycles. The highest BCUT2D eigenvalue weighted by Gasteiger charge is 2.15. The molecule has 0 spiro atoms. The van der Waals surface area contributed by atoms with Crippen molar-refractivity contribution in [1.82, 2.24) is 10.3 Å². The van der Waals surface area contributed by atoms with E-state index < -0.39 is 0 Å². The van der Waals surface area contributed by atoms with Crippen LogP contribution in [-0.2, 0) is 6.42 Å². The standard InChI is InChI=1S/C24H19FN2O/c25-21-12-6-4-11-19(21)23-16-20(18-10-5-7-13-22(18)27-23)24(28)26-15-14-17-8-2-1-3-9-17/h1-13,16H,14-15H2,(H,26,28). The van der Waals surface area contributed by atoms with Gasteiger partial charge in [0.05, 0.1) is 16.8 Å². The Kier molecular flexibility index (Phi) is 5.11. The van der Waals surface area contributed by atoms with E-state index in [1.807, 2.05) is 54.6 Å². The molecule has 0 bridgehead atoms. The van der Waals surface area contributed by atoms with E-state index in [-0.39, 0.29) is 11.7 Å². The first-order valence-electron chi connectivity index (χ1n) is 9.19. The lowest BCUT2D eigenvalue weighted by molar-refractivity contribution is 0.0955. The maximum absolute atomic E-state index is 14.3. The summed E-state index contributed by atoms with van der Waals surface area (Å²) in [7, 11) is 0. The van der Waals surface area contributed by atoms with E-state index in [1.54, 1.807) is 24.3 Å². The van der Waals surface area contributed by atoms with Gasteiger partial charge in [0.1, 0.15) is 5.82 Å². The van der Waals surface area contributed by atoms with Gasteiger partial charge in [-0.25, -0.2) is 9.37 Å². The molecule has 0 fully saturated rings. The van der Waals surface area contributed by atoms with Crippen LogP contribution in [0.2, 0.25) is 0 Å². The molecule has 1 aromatic heterocycles. The lowest BCUT2D eigenvalue weighted by Gasteiger charge is -2.11. The fourth-order valence-electron chi connectivity index (χ4n) is 3.23. The Hall–Kier alpha value is -3.53. The molecule has 0 radical (unpaired) electrons. The van der Waals surface area contributed by atoms with Gasteiger partial charge in [-0.15, -0.1) is 0 Å². The molecular formula is C24H19FN2O. The second kappa shape index (κ2) is 8.01. The lowest BCUT2D eigenvalue weighted by atomic mass is 10.0. The number of amides is 1. The van der Waals surface area contributed by atoms with E-state index in [9.17, 15) is 9.18 Å². The molecule has 0 aliphatic rings. The number of fused-ring (bicyclic) bond motifs is 1. The third-order valence-electron chi connectivity index (χ3n) is 4.65. The predicted octanol–water partition coefficient (Wildman–Crippen LogP) is 5.01. The highest BCUT2D eigenvalue weighted by Crippen LogP contribution is 2.26. The summed E-state index contributed by atoms with van der Waals surface area (Å²) in [5, 5.41) is 3.72. The first-order valence-corrected chi connectivity index (χ1v) is 9.19. The van der Waals surface area contributed by atoms with Crippen molar-refractivity contribution in [2.45, 2.75) is 6.42 Å². The molecule has 4 rings (SSSR count). The van der Waals surface area contributed by atoms with Gasteiger partial charge in [-0.05, 0) is 36.2 Å². The quantitative estimate of drug-likeness (QED) is 0.536. The van der Waals surface area contributed by atoms with Crippen molar-refractivity contribution in [2.75, 3.05) is 6.54 Å². The van der Waals surface area contributed by atoms with Crippen LogP contribution >= 0.6 is 0 Å². The van der Waals surface area contributed by atoms with Gasteiger partial charge in [0, 0.05) is 17.5 Å². The van der Waals surface area contributed by atoms with E-state index in [0.29, 0.717) is 28.9 Å². The number of pyridine rings is 1. The summed E-state index contributed by atoms with van der Waals surface area (Å²) in [5.74, 6) is -0.548. The Morgan fingerprint density at radius 1 is 0.893 bits per heavy atom. The van der Waals surface area contributed by atoms with Crippen LogP contribution in [0.25, 0.3) is 22.2 Å². The Morgan fingerprint density at radius 2 is 1.61 bits per heavy atom. The number of nitrogens with zero attached hydrogens (tertiary/aromatic N) is 1. The van der Waals surface area contributed by atoms with Crippen LogP contribution in [-0.4, -0.2) is 17.4 Å². The molecule has 28 heavy (non-hydrogen) atoms. The van der Waals surface area contributed by atoms with E-state index in [1.165, 1.54) is 6.07 Å². The van der Waals surface area contributed by atoms with Crippen LogP contribution in [0.3, 0.4) is 0 Å². The van der Waals surface area contributed by atoms with Crippen molar-refractivity contribution in [3.8, 4) is 11.3 Å². The van der Waals surface area contributed by atoms with Crippen molar-refractivity contribution in [2.24, 2.45) is 0 Å². The van der Waals surface area contributed by atoms with Gasteiger partial charge < -0.3 is 5.32 Å². The summed E-state index contributed by atoms with van der Waals surface area (Å²) in [6.45, 7) is 0.522. The summed E-state index contributed by atoms with van der Waals surface area (Å²) in [4.78, 5) is 17.4. The molecule has 0 saturated carbocycles. The Labute approximate surface area is 162 Å². The maximum Gasteiger partial charge on any atom is 0.252 e. The summed E-state index contributed by atoms with van der Waals surface area (Å²) in [6.07, 6.45) is 0.746. The number of hydrogen-bond acceptors (Lipinski definition) is 2. The SMILES string of the molecule is O=C(NCCc1ccccc1)c1cc(-c2ccccc2F)nc2ccccc12. The predicted molar refractivity (Wildman–Crippen MR) is 110 cm³/mol. The Morgan fingerprint density at radius 3 is 2.43 bits per heavy atom. The van der Waals surface area contributed by atoms with Gasteiger partial charge in [0.2, 0.25) is 0 Å². The molecule has 0 saturated heterocycles. The molecule has 0 aliphatic heterocycles. The second-order valence-corrected chi connectivity index (χ2v) is 6.54. The number of halogens is 1. The van der Waals surface area contributed by atoms with Crippen LogP contribution < -0.4 is 5.32 Å². The highest BCUT2D eigenvalue weighted by molar-refractivity contribution is 6.07. The van der Waals surface area contributed by atoms with E-state index >= 15 is 0 Å². The summed E-state index contributed by atoms with van der Waals surface area (Å²) < 4.78 is 14.3. The molecule has 1 N–H and O–H groups in total. The molecule has 138 valence electrons. The molecule has 1 heterocycles. The number of para-hydroxylation sites is 1. The van der Waals surface area contributed by atoms with Gasteiger partial charge in [-0.1, -0.05) is 60.7 Å². The van der Waals surface area contributed by atoms with Crippen LogP contribution in [0, 0.1) is 5.82 Å². The average molecular weight is 370 g/mol. The van der Waals surface area contributed by atoms with Crippen LogP contribution in [0.1, 0.15) is 15.9 Å². The van der Waals surface area contributed by atoms with Gasteiger partial charge in [0.25, 0.3) is 5.91 Å². The van der Waals surface area contributed by atoms with Gasteiger partial charge in [0.15, 0.2) is 0 Å². The van der Waals surface area contributed by atoms with Crippen molar-refractivity contribution in [3.05, 3.63) is 102 Å². The van der Waals surface area contributed by atoms with E-state index in [2.05, 4.69) is 10.3 Å². The first kappa shape index (κ1) is 17.9. The summed E-state index contributed by atoms with van der Waals surface area (Å²) in [6, 6.07) is 25.5. The number of nitrogens with one attached hydrogen (secondary N) is 1. The minimum atomic E-state index is -0.360. The normalized spacial score (nSPS) is 10.8. The minimum absolute atomic E-state index is 0.188. The molecule has 0 atom stereocenters. The number of aromatic nitrogens is 1. The fourth-order valence-corrected chi connectivity index (χ4v) is 3.23. The first-order chi connectivity index (χ1) is 13.7. The fraction of sp³-hybridized carbons (Fsp3) is 0.0833. The van der Waals surface area contributed by atoms with Gasteiger partial charge in [-0.3, -0.25) is 4.79 Å². The minimum Gasteiger partial charge on any atom is -0.352 e. The Balaban J connectivity index is 1.65. The number of carbonyl (C=O) groups excluding carboxylic acids is 1. The largest absolute Gasteiger partial charge is 0.352 e. The van der Waals surface area contributed by atoms with E-state index in [4.69, 9.17) is 0 Å². The number of benzene rings is 3. The van der Waals surface area contributed by atoms with Crippen LogP contribution in [0.5, 0.6) is 0 Å². The zero-order chi connectivity index (χ0) is 19.3. The summed E-state index contributed by atoms with van der Waals surface area (Å²) >= 11 is 0. The van der Waals surface area contributed by atoms with Crippen LogP contribution in [0.4, 0.5) is 4.39 Å². The number of carbonyl (C=O) groups is 1. The van der Waals surface area contributed by atoms with Gasteiger partial charge >= 0.3 is 0 Å². The third kappa shape index (κ3) is 3.76. The number of rotatable bonds is 5. The van der Waals surface area contributed by atoms with Crippen LogP contribution in [0.15, 0.2) is 84.9 Å². The Bertz CT molecular complexity index is 1130. The van der Waals surface area contributed by atoms with Crippen molar-refractivity contribution in [1.29, 1.82) is 0 Å². The second-order valence-electron chi connectivity index (χ2n) is 6.54. The summed E-state index contributed by atoms with van der Waals surface area (Å²) in [5.41, 5.74) is 3.15. The third-order valence-corrected chi connectivity index (χ3v) is 4.65. The smallest absolute Gasteiger partial charge is 0.252 e. The highest BCUT2D eigenvalue weighted by atomic mass is 19.1. The lowest BCUT2D eigenvalue weighted by Crippen LogP contribution is -2.26. The topological polar surface area (TPSA) is 42.0 Å². The molecule has 4 aromatic rings. The zero-order valence-corrected chi connectivity index (χ0v) is 15.2. The molecule has 0 aliphatic carbocycles. The van der Waals surface area contributed by atoms with Crippen molar-refractivity contribution in [3.63, 3.8) is 0 Å². The average Bonchev–Trinajstić information content (AvgIpc) is 2.74. The molecule has 3 nitrogen and oxygen atoms in total. The van der Waals surface area contributed by atoms with Crippen molar-refractivity contribution < 1.29 is 9.18 Å². The van der Waals surface area contributed by atoms with E-state index in [0.717, 1.165) is 17.4 Å². The molecule has 4 heteroatoms. The van der Waals surface area contributed by atoms with Crippen molar-refractivity contribution >= 4 is 16.8 Å². The molecule has 0 unspecified atom stereocenters.